The van der Waals surface area contributed by atoms with Gasteiger partial charge in [-0.2, -0.15) is 0 Å². The van der Waals surface area contributed by atoms with Crippen molar-refractivity contribution in [3.63, 3.8) is 0 Å². The van der Waals surface area contributed by atoms with E-state index in [9.17, 15) is 4.79 Å². The van der Waals surface area contributed by atoms with Gasteiger partial charge >= 0.3 is 6.03 Å². The van der Waals surface area contributed by atoms with Gasteiger partial charge in [-0.1, -0.05) is 12.1 Å². The van der Waals surface area contributed by atoms with E-state index in [0.29, 0.717) is 6.04 Å². The smallest absolute Gasteiger partial charge is 0.319 e. The van der Waals surface area contributed by atoms with Crippen LogP contribution < -0.4 is 10.6 Å². The molecule has 7 heteroatoms. The van der Waals surface area contributed by atoms with Crippen molar-refractivity contribution in [3.8, 4) is 11.3 Å². The van der Waals surface area contributed by atoms with Gasteiger partial charge in [0.1, 0.15) is 0 Å². The summed E-state index contributed by atoms with van der Waals surface area (Å²) in [6.07, 6.45) is 0.0141. The number of hydrogen-bond acceptors (Lipinski definition) is 5. The van der Waals surface area contributed by atoms with Crippen molar-refractivity contribution in [1.82, 2.24) is 15.2 Å². The third-order valence-electron chi connectivity index (χ3n) is 4.51. The normalized spacial score (nSPS) is 20.8. The minimum Gasteiger partial charge on any atom is -0.378 e. The van der Waals surface area contributed by atoms with Crippen LogP contribution in [0.1, 0.15) is 13.8 Å². The number of amides is 2. The molecule has 0 bridgehead atoms. The van der Waals surface area contributed by atoms with E-state index in [-0.39, 0.29) is 18.2 Å². The molecule has 1 fully saturated rings. The van der Waals surface area contributed by atoms with Crippen molar-refractivity contribution in [2.75, 3.05) is 25.5 Å². The summed E-state index contributed by atoms with van der Waals surface area (Å²) in [4.78, 5) is 18.9. The summed E-state index contributed by atoms with van der Waals surface area (Å²) in [7, 11) is 1.69. The third kappa shape index (κ3) is 4.36. The Balaban J connectivity index is 1.57. The van der Waals surface area contributed by atoms with Crippen LogP contribution in [0, 0.1) is 0 Å². The van der Waals surface area contributed by atoms with E-state index in [1.807, 2.05) is 35.2 Å². The van der Waals surface area contributed by atoms with Crippen LogP contribution in [0.4, 0.5) is 10.5 Å². The Hall–Kier alpha value is -1.96. The maximum absolute atomic E-state index is 12.3. The van der Waals surface area contributed by atoms with Crippen molar-refractivity contribution in [3.05, 3.63) is 35.2 Å². The molecule has 2 amide bonds. The average molecular weight is 360 g/mol. The van der Waals surface area contributed by atoms with E-state index in [1.165, 1.54) is 0 Å². The minimum atomic E-state index is -0.209. The number of ether oxygens (including phenoxy) is 1. The predicted molar refractivity (Wildman–Crippen MR) is 101 cm³/mol. The Morgan fingerprint density at radius 1 is 1.32 bits per heavy atom. The fourth-order valence-corrected chi connectivity index (χ4v) is 3.58. The van der Waals surface area contributed by atoms with E-state index < -0.39 is 0 Å². The first-order valence-corrected chi connectivity index (χ1v) is 9.34. The second kappa shape index (κ2) is 7.95. The van der Waals surface area contributed by atoms with Crippen LogP contribution in [0.2, 0.25) is 0 Å². The van der Waals surface area contributed by atoms with Crippen molar-refractivity contribution < 1.29 is 9.53 Å². The minimum absolute atomic E-state index is 0.0123. The van der Waals surface area contributed by atoms with Gasteiger partial charge < -0.3 is 15.4 Å². The standard InChI is InChI=1S/C18H24N4O2S/c1-12(2)22-8-15(17(9-22)24-3)21-18(23)20-14-6-4-13(5-7-14)16-10-25-11-19-16/h4-7,10-12,15,17H,8-9H2,1-3H3,(H2,20,21,23)/t15-,17-/m0/s1. The zero-order valence-electron chi connectivity index (χ0n) is 14.7. The van der Waals surface area contributed by atoms with Crippen molar-refractivity contribution in [2.45, 2.75) is 32.0 Å². The Kier molecular flexibility index (Phi) is 5.67. The number of aromatic nitrogens is 1. The van der Waals surface area contributed by atoms with Crippen LogP contribution in [0.3, 0.4) is 0 Å². The van der Waals surface area contributed by atoms with Crippen LogP contribution in [0.15, 0.2) is 35.2 Å². The molecule has 0 unspecified atom stereocenters. The first-order chi connectivity index (χ1) is 12.1. The molecule has 25 heavy (non-hydrogen) atoms. The van der Waals surface area contributed by atoms with E-state index in [4.69, 9.17) is 4.74 Å². The SMILES string of the molecule is CO[C@H]1CN(C(C)C)C[C@@H]1NC(=O)Nc1ccc(-c2cscn2)cc1. The van der Waals surface area contributed by atoms with E-state index in [0.717, 1.165) is 30.0 Å². The number of rotatable bonds is 5. The summed E-state index contributed by atoms with van der Waals surface area (Å²) in [5, 5.41) is 7.92. The first-order valence-electron chi connectivity index (χ1n) is 8.40. The van der Waals surface area contributed by atoms with E-state index in [2.05, 4.69) is 34.4 Å². The number of likely N-dealkylation sites (tertiary alicyclic amines) is 1. The second-order valence-corrected chi connectivity index (χ2v) is 7.20. The summed E-state index contributed by atoms with van der Waals surface area (Å²) in [5.74, 6) is 0. The van der Waals surface area contributed by atoms with E-state index >= 15 is 0 Å². The molecular formula is C18H24N4O2S. The molecule has 1 aliphatic rings. The van der Waals surface area contributed by atoms with Crippen LogP contribution in [0.5, 0.6) is 0 Å². The number of nitrogens with one attached hydrogen (secondary N) is 2. The maximum atomic E-state index is 12.3. The highest BCUT2D eigenvalue weighted by Crippen LogP contribution is 2.21. The van der Waals surface area contributed by atoms with Gasteiger partial charge in [-0.15, -0.1) is 11.3 Å². The van der Waals surface area contributed by atoms with Gasteiger partial charge in [-0.3, -0.25) is 4.90 Å². The Morgan fingerprint density at radius 3 is 2.68 bits per heavy atom. The molecule has 1 aromatic carbocycles. The van der Waals surface area contributed by atoms with Gasteiger partial charge in [-0.25, -0.2) is 9.78 Å². The van der Waals surface area contributed by atoms with Gasteiger partial charge in [0.25, 0.3) is 0 Å². The molecule has 134 valence electrons. The molecule has 3 rings (SSSR count). The lowest BCUT2D eigenvalue weighted by Gasteiger charge is -2.20. The van der Waals surface area contributed by atoms with Gasteiger partial charge in [0, 0.05) is 42.9 Å². The highest BCUT2D eigenvalue weighted by molar-refractivity contribution is 7.07. The Labute approximate surface area is 152 Å². The Bertz CT molecular complexity index is 688. The summed E-state index contributed by atoms with van der Waals surface area (Å²) in [6, 6.07) is 7.90. The lowest BCUT2D eigenvalue weighted by Crippen LogP contribution is -2.45. The summed E-state index contributed by atoms with van der Waals surface area (Å²) >= 11 is 1.56. The quantitative estimate of drug-likeness (QED) is 0.860. The molecule has 1 aromatic heterocycles. The summed E-state index contributed by atoms with van der Waals surface area (Å²) in [6.45, 7) is 5.94. The number of benzene rings is 1. The van der Waals surface area contributed by atoms with Crippen LogP contribution in [-0.4, -0.2) is 54.3 Å². The maximum Gasteiger partial charge on any atom is 0.319 e. The van der Waals surface area contributed by atoms with Crippen LogP contribution >= 0.6 is 11.3 Å². The van der Waals surface area contributed by atoms with Gasteiger partial charge in [0.05, 0.1) is 23.4 Å². The molecule has 0 saturated carbocycles. The highest BCUT2D eigenvalue weighted by Gasteiger charge is 2.34. The first kappa shape index (κ1) is 17.8. The molecule has 0 aliphatic carbocycles. The van der Waals surface area contributed by atoms with Crippen LogP contribution in [-0.2, 0) is 4.74 Å². The monoisotopic (exact) mass is 360 g/mol. The van der Waals surface area contributed by atoms with E-state index in [1.54, 1.807) is 18.4 Å². The Morgan fingerprint density at radius 2 is 2.08 bits per heavy atom. The number of thiazole rings is 1. The molecule has 2 heterocycles. The second-order valence-electron chi connectivity index (χ2n) is 6.48. The van der Waals surface area contributed by atoms with Crippen molar-refractivity contribution in [2.24, 2.45) is 0 Å². The predicted octanol–water partition coefficient (Wildman–Crippen LogP) is 3.04. The molecule has 0 radical (unpaired) electrons. The number of nitrogens with zero attached hydrogens (tertiary/aromatic N) is 2. The largest absolute Gasteiger partial charge is 0.378 e. The number of anilines is 1. The number of carbonyl (C=O) groups is 1. The lowest BCUT2D eigenvalue weighted by atomic mass is 10.1. The zero-order chi connectivity index (χ0) is 17.8. The molecule has 2 N–H and O–H groups in total. The van der Waals surface area contributed by atoms with Gasteiger partial charge in [0.2, 0.25) is 0 Å². The molecule has 1 saturated heterocycles. The molecule has 0 spiro atoms. The number of carbonyl (C=O) groups excluding carboxylic acids is 1. The third-order valence-corrected chi connectivity index (χ3v) is 5.10. The molecule has 2 atom stereocenters. The summed E-state index contributed by atoms with van der Waals surface area (Å²) < 4.78 is 5.52. The molecule has 6 nitrogen and oxygen atoms in total. The number of methoxy groups -OCH3 is 1. The number of urea groups is 1. The summed E-state index contributed by atoms with van der Waals surface area (Å²) in [5.41, 5.74) is 4.55. The zero-order valence-corrected chi connectivity index (χ0v) is 15.5. The van der Waals surface area contributed by atoms with Gasteiger partial charge in [0.15, 0.2) is 0 Å². The average Bonchev–Trinajstić information content (AvgIpc) is 3.25. The van der Waals surface area contributed by atoms with Gasteiger partial charge in [-0.05, 0) is 26.0 Å². The van der Waals surface area contributed by atoms with Crippen LogP contribution in [0.25, 0.3) is 11.3 Å². The highest BCUT2D eigenvalue weighted by atomic mass is 32.1. The molecular weight excluding hydrogens is 336 g/mol. The fraction of sp³-hybridized carbons (Fsp3) is 0.444. The fourth-order valence-electron chi connectivity index (χ4n) is 3.02. The topological polar surface area (TPSA) is 66.5 Å². The lowest BCUT2D eigenvalue weighted by molar-refractivity contribution is 0.0896. The molecule has 1 aliphatic heterocycles. The number of hydrogen-bond donors (Lipinski definition) is 2. The van der Waals surface area contributed by atoms with Crippen molar-refractivity contribution >= 4 is 23.1 Å². The van der Waals surface area contributed by atoms with Crippen molar-refractivity contribution in [1.29, 1.82) is 0 Å². The molecule has 2 aromatic rings.